The molecule has 0 unspecified atom stereocenters. The predicted octanol–water partition coefficient (Wildman–Crippen LogP) is 3.42. The van der Waals surface area contributed by atoms with Crippen LogP contribution in [0.25, 0.3) is 0 Å². The second-order valence-electron chi connectivity index (χ2n) is 8.17. The van der Waals surface area contributed by atoms with Crippen LogP contribution in [0.3, 0.4) is 0 Å². The molecular formula is C27H31NO5. The summed E-state index contributed by atoms with van der Waals surface area (Å²) in [5, 5.41) is 10.7. The highest BCUT2D eigenvalue weighted by molar-refractivity contribution is 5.15. The summed E-state index contributed by atoms with van der Waals surface area (Å²) < 4.78 is 24.0. The topological polar surface area (TPSA) is 83.2 Å². The van der Waals surface area contributed by atoms with Gasteiger partial charge < -0.3 is 29.8 Å². The first-order chi connectivity index (χ1) is 16.2. The van der Waals surface area contributed by atoms with E-state index in [0.29, 0.717) is 19.8 Å². The third-order valence-electron chi connectivity index (χ3n) is 5.68. The van der Waals surface area contributed by atoms with E-state index in [2.05, 4.69) is 0 Å². The molecule has 1 aliphatic heterocycles. The van der Waals surface area contributed by atoms with Gasteiger partial charge in [0.1, 0.15) is 18.3 Å². The van der Waals surface area contributed by atoms with Crippen molar-refractivity contribution in [3.63, 3.8) is 0 Å². The Hall–Kier alpha value is -2.58. The van der Waals surface area contributed by atoms with Crippen molar-refractivity contribution in [3.8, 4) is 0 Å². The van der Waals surface area contributed by atoms with Gasteiger partial charge in [0.15, 0.2) is 6.29 Å². The van der Waals surface area contributed by atoms with E-state index in [9.17, 15) is 5.11 Å². The lowest BCUT2D eigenvalue weighted by molar-refractivity contribution is -0.281. The molecule has 6 heteroatoms. The van der Waals surface area contributed by atoms with Crippen molar-refractivity contribution in [1.29, 1.82) is 0 Å². The van der Waals surface area contributed by atoms with Crippen LogP contribution >= 0.6 is 0 Å². The lowest BCUT2D eigenvalue weighted by Gasteiger charge is -2.43. The van der Waals surface area contributed by atoms with E-state index >= 15 is 0 Å². The zero-order chi connectivity index (χ0) is 22.9. The molecule has 0 saturated carbocycles. The Morgan fingerprint density at radius 2 is 1.12 bits per heavy atom. The van der Waals surface area contributed by atoms with E-state index in [1.54, 1.807) is 0 Å². The highest BCUT2D eigenvalue weighted by atomic mass is 16.7. The third-order valence-corrected chi connectivity index (χ3v) is 5.68. The molecule has 0 aliphatic carbocycles. The fraction of sp³-hybridized carbons (Fsp3) is 0.333. The Balaban J connectivity index is 1.41. The molecule has 33 heavy (non-hydrogen) atoms. The highest BCUT2D eigenvalue weighted by Crippen LogP contribution is 2.26. The number of hydrogen-bond donors (Lipinski definition) is 2. The number of ether oxygens (including phenoxy) is 4. The fourth-order valence-electron chi connectivity index (χ4n) is 3.91. The first-order valence-corrected chi connectivity index (χ1v) is 11.2. The maximum absolute atomic E-state index is 10.7. The Labute approximate surface area is 194 Å². The van der Waals surface area contributed by atoms with Crippen LogP contribution in [0, 0.1) is 0 Å². The summed E-state index contributed by atoms with van der Waals surface area (Å²) in [7, 11) is 0. The minimum atomic E-state index is -1.18. The van der Waals surface area contributed by atoms with Gasteiger partial charge in [-0.3, -0.25) is 0 Å². The van der Waals surface area contributed by atoms with E-state index in [1.807, 2.05) is 91.0 Å². The molecule has 1 saturated heterocycles. The van der Waals surface area contributed by atoms with Crippen LogP contribution in [-0.2, 0) is 38.8 Å². The first kappa shape index (κ1) is 23.6. The number of aliphatic hydroxyl groups is 1. The summed E-state index contributed by atoms with van der Waals surface area (Å²) in [5.41, 5.74) is 9.65. The maximum atomic E-state index is 10.7. The second kappa shape index (κ2) is 12.0. The molecule has 174 valence electrons. The van der Waals surface area contributed by atoms with Gasteiger partial charge in [-0.15, -0.1) is 0 Å². The highest BCUT2D eigenvalue weighted by Gasteiger charge is 2.45. The molecule has 4 rings (SSSR count). The molecule has 1 fully saturated rings. The van der Waals surface area contributed by atoms with E-state index < -0.39 is 30.6 Å². The van der Waals surface area contributed by atoms with Crippen molar-refractivity contribution in [3.05, 3.63) is 108 Å². The summed E-state index contributed by atoms with van der Waals surface area (Å²) in [6, 6.07) is 28.9. The van der Waals surface area contributed by atoms with E-state index in [1.165, 1.54) is 0 Å². The van der Waals surface area contributed by atoms with Crippen LogP contribution < -0.4 is 5.73 Å². The van der Waals surface area contributed by atoms with Gasteiger partial charge in [-0.1, -0.05) is 91.0 Å². The second-order valence-corrected chi connectivity index (χ2v) is 8.17. The van der Waals surface area contributed by atoms with Crippen LogP contribution in [0.4, 0.5) is 0 Å². The smallest absolute Gasteiger partial charge is 0.183 e. The number of hydrogen-bond acceptors (Lipinski definition) is 6. The van der Waals surface area contributed by atoms with E-state index in [0.717, 1.165) is 16.7 Å². The standard InChI is InChI=1S/C27H31NO5/c28-24-25(31-17-21-12-6-2-7-13-21)23(19-30-16-20-10-4-1-5-11-20)33-27(29)26(24)32-18-22-14-8-3-9-15-22/h1-15,23-27,29H,16-19,28H2/t23-,24-,25-,26+,27+/m1/s1. The largest absolute Gasteiger partial charge is 0.374 e. The quantitative estimate of drug-likeness (QED) is 0.494. The molecule has 1 heterocycles. The predicted molar refractivity (Wildman–Crippen MR) is 125 cm³/mol. The summed E-state index contributed by atoms with van der Waals surface area (Å²) >= 11 is 0. The SMILES string of the molecule is N[C@H]1[C@H](OCc2ccccc2)[C@@H](O)O[C@H](COCc2ccccc2)[C@H]1OCc1ccccc1. The summed E-state index contributed by atoms with van der Waals surface area (Å²) in [5.74, 6) is 0. The number of aliphatic hydroxyl groups excluding tert-OH is 1. The van der Waals surface area contributed by atoms with Crippen molar-refractivity contribution in [2.45, 2.75) is 50.5 Å². The summed E-state index contributed by atoms with van der Waals surface area (Å²) in [6.45, 7) is 1.37. The monoisotopic (exact) mass is 449 g/mol. The molecular weight excluding hydrogens is 418 g/mol. The summed E-state index contributed by atoms with van der Waals surface area (Å²) in [4.78, 5) is 0. The molecule has 3 aromatic carbocycles. The fourth-order valence-corrected chi connectivity index (χ4v) is 3.91. The first-order valence-electron chi connectivity index (χ1n) is 11.2. The Bertz CT molecular complexity index is 939. The molecule has 3 aromatic rings. The molecule has 0 spiro atoms. The van der Waals surface area contributed by atoms with Gasteiger partial charge in [0.05, 0.1) is 32.5 Å². The van der Waals surface area contributed by atoms with Crippen LogP contribution in [0.15, 0.2) is 91.0 Å². The molecule has 0 aromatic heterocycles. The van der Waals surface area contributed by atoms with Crippen molar-refractivity contribution in [2.24, 2.45) is 5.73 Å². The average Bonchev–Trinajstić information content (AvgIpc) is 2.85. The zero-order valence-corrected chi connectivity index (χ0v) is 18.5. The Morgan fingerprint density at radius 1 is 0.667 bits per heavy atom. The molecule has 0 amide bonds. The third kappa shape index (κ3) is 6.71. The number of benzene rings is 3. The van der Waals surface area contributed by atoms with Crippen molar-refractivity contribution < 1.29 is 24.1 Å². The van der Waals surface area contributed by atoms with Crippen molar-refractivity contribution in [1.82, 2.24) is 0 Å². The van der Waals surface area contributed by atoms with Crippen LogP contribution in [-0.4, -0.2) is 42.4 Å². The van der Waals surface area contributed by atoms with Crippen LogP contribution in [0.2, 0.25) is 0 Å². The number of rotatable bonds is 10. The minimum absolute atomic E-state index is 0.241. The van der Waals surface area contributed by atoms with Gasteiger partial charge in [-0.2, -0.15) is 0 Å². The molecule has 5 atom stereocenters. The number of nitrogens with two attached hydrogens (primary N) is 1. The van der Waals surface area contributed by atoms with Gasteiger partial charge >= 0.3 is 0 Å². The van der Waals surface area contributed by atoms with Gasteiger partial charge in [0, 0.05) is 0 Å². The Morgan fingerprint density at radius 3 is 1.64 bits per heavy atom. The van der Waals surface area contributed by atoms with Gasteiger partial charge in [-0.25, -0.2) is 0 Å². The van der Waals surface area contributed by atoms with Gasteiger partial charge in [-0.05, 0) is 16.7 Å². The molecule has 1 aliphatic rings. The molecule has 3 N–H and O–H groups in total. The van der Waals surface area contributed by atoms with Crippen LogP contribution in [0.5, 0.6) is 0 Å². The molecule has 0 radical (unpaired) electrons. The maximum Gasteiger partial charge on any atom is 0.183 e. The lowest BCUT2D eigenvalue weighted by Crippen LogP contribution is -2.63. The van der Waals surface area contributed by atoms with E-state index in [4.69, 9.17) is 24.7 Å². The van der Waals surface area contributed by atoms with Gasteiger partial charge in [0.2, 0.25) is 0 Å². The molecule has 0 bridgehead atoms. The normalized spacial score (nSPS) is 25.1. The minimum Gasteiger partial charge on any atom is -0.374 e. The zero-order valence-electron chi connectivity index (χ0n) is 18.5. The van der Waals surface area contributed by atoms with Crippen molar-refractivity contribution >= 4 is 0 Å². The van der Waals surface area contributed by atoms with Gasteiger partial charge in [0.25, 0.3) is 0 Å². The van der Waals surface area contributed by atoms with Crippen molar-refractivity contribution in [2.75, 3.05) is 6.61 Å². The Kier molecular flexibility index (Phi) is 8.60. The van der Waals surface area contributed by atoms with Crippen LogP contribution in [0.1, 0.15) is 16.7 Å². The summed E-state index contributed by atoms with van der Waals surface area (Å²) in [6.07, 6.45) is -2.94. The van der Waals surface area contributed by atoms with E-state index in [-0.39, 0.29) is 6.61 Å². The average molecular weight is 450 g/mol. The molecule has 6 nitrogen and oxygen atoms in total. The lowest BCUT2D eigenvalue weighted by atomic mass is 9.96.